The Labute approximate surface area is 112 Å². The molecule has 1 N–H and O–H groups in total. The van der Waals surface area contributed by atoms with Crippen molar-refractivity contribution in [2.24, 2.45) is 5.92 Å². The minimum Gasteiger partial charge on any atom is -0.467 e. The summed E-state index contributed by atoms with van der Waals surface area (Å²) in [6.45, 7) is 3.04. The van der Waals surface area contributed by atoms with Gasteiger partial charge in [-0.3, -0.25) is 4.90 Å². The van der Waals surface area contributed by atoms with Gasteiger partial charge in [-0.1, -0.05) is 6.92 Å². The summed E-state index contributed by atoms with van der Waals surface area (Å²) in [5.74, 6) is -0.774. The molecular formula is C12H21NO6. The first kappa shape index (κ1) is 15.7. The number of amides is 1. The maximum Gasteiger partial charge on any atom is 0.408 e. The Morgan fingerprint density at radius 3 is 2.53 bits per heavy atom. The zero-order valence-corrected chi connectivity index (χ0v) is 11.5. The van der Waals surface area contributed by atoms with Crippen LogP contribution in [-0.2, 0) is 19.0 Å². The van der Waals surface area contributed by atoms with Crippen LogP contribution in [0.15, 0.2) is 0 Å². The summed E-state index contributed by atoms with van der Waals surface area (Å²) in [6, 6.07) is -0.796. The van der Waals surface area contributed by atoms with Crippen molar-refractivity contribution >= 4 is 12.1 Å². The van der Waals surface area contributed by atoms with Crippen LogP contribution < -0.4 is 0 Å². The fourth-order valence-electron chi connectivity index (χ4n) is 2.26. The quantitative estimate of drug-likeness (QED) is 0.564. The van der Waals surface area contributed by atoms with Crippen LogP contribution >= 0.6 is 0 Å². The zero-order chi connectivity index (χ0) is 14.4. The molecule has 1 saturated heterocycles. The van der Waals surface area contributed by atoms with Crippen molar-refractivity contribution in [3.8, 4) is 0 Å². The maximum atomic E-state index is 11.7. The largest absolute Gasteiger partial charge is 0.467 e. The third-order valence-corrected chi connectivity index (χ3v) is 3.31. The second-order valence-corrected chi connectivity index (χ2v) is 4.52. The van der Waals surface area contributed by atoms with Gasteiger partial charge in [0, 0.05) is 26.2 Å². The van der Waals surface area contributed by atoms with E-state index < -0.39 is 18.1 Å². The highest BCUT2D eigenvalue weighted by Crippen LogP contribution is 2.27. The van der Waals surface area contributed by atoms with Gasteiger partial charge in [0.2, 0.25) is 0 Å². The molecule has 3 unspecified atom stereocenters. The van der Waals surface area contributed by atoms with Crippen molar-refractivity contribution in [1.29, 1.82) is 0 Å². The molecule has 0 aromatic rings. The minimum atomic E-state index is -1.13. The lowest BCUT2D eigenvalue weighted by molar-refractivity contribution is -0.146. The van der Waals surface area contributed by atoms with E-state index in [9.17, 15) is 9.59 Å². The van der Waals surface area contributed by atoms with Crippen LogP contribution in [0.2, 0.25) is 0 Å². The van der Waals surface area contributed by atoms with Gasteiger partial charge < -0.3 is 19.3 Å². The molecule has 1 aliphatic rings. The third-order valence-electron chi connectivity index (χ3n) is 3.31. The number of methoxy groups -OCH3 is 2. The van der Waals surface area contributed by atoms with Gasteiger partial charge in [-0.05, 0) is 6.42 Å². The molecule has 0 aromatic carbocycles. The molecule has 1 rings (SSSR count). The van der Waals surface area contributed by atoms with Gasteiger partial charge in [-0.15, -0.1) is 0 Å². The number of likely N-dealkylation sites (tertiary alicyclic amines) is 1. The highest BCUT2D eigenvalue weighted by Gasteiger charge is 2.46. The zero-order valence-electron chi connectivity index (χ0n) is 11.5. The average molecular weight is 275 g/mol. The van der Waals surface area contributed by atoms with E-state index in [-0.39, 0.29) is 18.6 Å². The normalized spacial score (nSPS) is 26.5. The Morgan fingerprint density at radius 1 is 1.32 bits per heavy atom. The van der Waals surface area contributed by atoms with E-state index in [4.69, 9.17) is 14.6 Å². The van der Waals surface area contributed by atoms with Crippen molar-refractivity contribution < 1.29 is 28.9 Å². The first-order chi connectivity index (χ1) is 9.02. The minimum absolute atomic E-state index is 0.184. The van der Waals surface area contributed by atoms with Gasteiger partial charge in [0.15, 0.2) is 0 Å². The third kappa shape index (κ3) is 3.81. The van der Waals surface area contributed by atoms with Crippen LogP contribution in [0.5, 0.6) is 0 Å². The van der Waals surface area contributed by atoms with E-state index in [1.165, 1.54) is 7.11 Å². The lowest BCUT2D eigenvalue weighted by Gasteiger charge is -2.21. The number of carbonyl (C=O) groups excluding carboxylic acids is 1. The number of ether oxygens (including phenoxy) is 3. The summed E-state index contributed by atoms with van der Waals surface area (Å²) >= 11 is 0. The van der Waals surface area contributed by atoms with Crippen LogP contribution in [0.4, 0.5) is 4.79 Å². The molecular weight excluding hydrogens is 254 g/mol. The molecule has 7 nitrogen and oxygen atoms in total. The molecule has 110 valence electrons. The summed E-state index contributed by atoms with van der Waals surface area (Å²) in [6.07, 6.45) is -0.697. The summed E-state index contributed by atoms with van der Waals surface area (Å²) in [4.78, 5) is 23.9. The summed E-state index contributed by atoms with van der Waals surface area (Å²) in [5, 5.41) is 9.12. The predicted octanol–water partition coefficient (Wildman–Crippen LogP) is 0.579. The second kappa shape index (κ2) is 7.30. The molecule has 0 bridgehead atoms. The smallest absolute Gasteiger partial charge is 0.408 e. The van der Waals surface area contributed by atoms with E-state index >= 15 is 0 Å². The number of hydrogen-bond donors (Lipinski definition) is 1. The van der Waals surface area contributed by atoms with E-state index in [2.05, 4.69) is 4.74 Å². The van der Waals surface area contributed by atoms with Crippen LogP contribution in [-0.4, -0.2) is 68.2 Å². The number of nitrogens with zero attached hydrogens (tertiary/aromatic N) is 1. The lowest BCUT2D eigenvalue weighted by Crippen LogP contribution is -2.42. The summed E-state index contributed by atoms with van der Waals surface area (Å²) in [5.41, 5.74) is 0. The maximum absolute atomic E-state index is 11.7. The molecule has 0 saturated carbocycles. The number of hydrogen-bond acceptors (Lipinski definition) is 5. The molecule has 7 heteroatoms. The van der Waals surface area contributed by atoms with Crippen LogP contribution in [0.25, 0.3) is 0 Å². The molecule has 3 atom stereocenters. The Morgan fingerprint density at radius 2 is 2.00 bits per heavy atom. The Bertz CT molecular complexity index is 321. The predicted molar refractivity (Wildman–Crippen MR) is 65.9 cm³/mol. The first-order valence-electron chi connectivity index (χ1n) is 6.20. The first-order valence-corrected chi connectivity index (χ1v) is 6.20. The number of rotatable bonds is 6. The number of esters is 1. The Balaban J connectivity index is 2.61. The second-order valence-electron chi connectivity index (χ2n) is 4.52. The lowest BCUT2D eigenvalue weighted by atomic mass is 10.0. The molecule has 0 radical (unpaired) electrons. The van der Waals surface area contributed by atoms with Gasteiger partial charge in [0.1, 0.15) is 6.04 Å². The fourth-order valence-corrected chi connectivity index (χ4v) is 2.26. The van der Waals surface area contributed by atoms with Crippen LogP contribution in [0, 0.1) is 5.92 Å². The molecule has 0 aliphatic carbocycles. The summed E-state index contributed by atoms with van der Waals surface area (Å²) < 4.78 is 15.2. The van der Waals surface area contributed by atoms with Crippen molar-refractivity contribution in [3.05, 3.63) is 0 Å². The van der Waals surface area contributed by atoms with E-state index in [1.54, 1.807) is 14.0 Å². The van der Waals surface area contributed by atoms with Gasteiger partial charge in [-0.25, -0.2) is 9.59 Å². The Kier molecular flexibility index (Phi) is 6.04. The van der Waals surface area contributed by atoms with Gasteiger partial charge in [0.25, 0.3) is 0 Å². The molecule has 1 aliphatic heterocycles. The van der Waals surface area contributed by atoms with Gasteiger partial charge in [0.05, 0.1) is 19.8 Å². The van der Waals surface area contributed by atoms with Crippen LogP contribution in [0.3, 0.4) is 0 Å². The molecule has 19 heavy (non-hydrogen) atoms. The summed E-state index contributed by atoms with van der Waals surface area (Å²) in [7, 11) is 2.86. The van der Waals surface area contributed by atoms with Crippen LogP contribution in [0.1, 0.15) is 13.3 Å². The standard InChI is InChI=1S/C12H21NO6/c1-8-9(19-6-4-5-17-2)7-13(12(15)16)10(8)11(14)18-3/h8-10H,4-7H2,1-3H3,(H,15,16). The van der Waals surface area contributed by atoms with Crippen molar-refractivity contribution in [3.63, 3.8) is 0 Å². The van der Waals surface area contributed by atoms with E-state index in [1.807, 2.05) is 0 Å². The van der Waals surface area contributed by atoms with Crippen molar-refractivity contribution in [2.45, 2.75) is 25.5 Å². The fraction of sp³-hybridized carbons (Fsp3) is 0.833. The SMILES string of the molecule is COCCCOC1CN(C(=O)O)C(C(=O)OC)C1C. The van der Waals surface area contributed by atoms with Crippen molar-refractivity contribution in [2.75, 3.05) is 34.0 Å². The molecule has 1 amide bonds. The topological polar surface area (TPSA) is 85.3 Å². The van der Waals surface area contributed by atoms with Gasteiger partial charge >= 0.3 is 12.1 Å². The van der Waals surface area contributed by atoms with Crippen molar-refractivity contribution in [1.82, 2.24) is 4.90 Å². The molecule has 1 heterocycles. The van der Waals surface area contributed by atoms with Gasteiger partial charge in [-0.2, -0.15) is 0 Å². The highest BCUT2D eigenvalue weighted by atomic mass is 16.5. The van der Waals surface area contributed by atoms with E-state index in [0.717, 1.165) is 11.3 Å². The number of carboxylic acid groups (broad SMARTS) is 1. The Hall–Kier alpha value is -1.34. The molecule has 0 spiro atoms. The monoisotopic (exact) mass is 275 g/mol. The molecule has 0 aromatic heterocycles. The number of carbonyl (C=O) groups is 2. The molecule has 1 fully saturated rings. The highest BCUT2D eigenvalue weighted by molar-refractivity contribution is 5.82. The van der Waals surface area contributed by atoms with E-state index in [0.29, 0.717) is 13.2 Å². The average Bonchev–Trinajstić information content (AvgIpc) is 2.71.